The number of rotatable bonds is 6. The first-order valence-corrected chi connectivity index (χ1v) is 5.63. The number of hydrogen-bond acceptors (Lipinski definition) is 4. The molecule has 1 aliphatic rings. The van der Waals surface area contributed by atoms with E-state index in [2.05, 4.69) is 5.32 Å². The third kappa shape index (κ3) is 5.00. The molecule has 0 aromatic carbocycles. The Balaban J connectivity index is 2.41. The Hall–Kier alpha value is -1.83. The molecule has 0 bridgehead atoms. The fourth-order valence-corrected chi connectivity index (χ4v) is 1.67. The van der Waals surface area contributed by atoms with Crippen molar-refractivity contribution in [2.45, 2.75) is 18.9 Å². The van der Waals surface area contributed by atoms with Gasteiger partial charge in [-0.2, -0.15) is 0 Å². The second-order valence-corrected chi connectivity index (χ2v) is 4.04. The highest BCUT2D eigenvalue weighted by Gasteiger charge is 2.21. The summed E-state index contributed by atoms with van der Waals surface area (Å²) in [4.78, 5) is 33.8. The van der Waals surface area contributed by atoms with Gasteiger partial charge in [0.1, 0.15) is 13.1 Å². The molecule has 3 amide bonds. The molecular weight excluding hydrogens is 242 g/mol. The summed E-state index contributed by atoms with van der Waals surface area (Å²) in [6.07, 6.45) is 1.75. The number of carboxylic acids is 1. The summed E-state index contributed by atoms with van der Waals surface area (Å²) in [5.41, 5.74) is 4.95. The summed E-state index contributed by atoms with van der Waals surface area (Å²) in [5.74, 6) is -1.97. The molecule has 1 fully saturated rings. The molecule has 0 aromatic rings. The summed E-state index contributed by atoms with van der Waals surface area (Å²) >= 11 is 0. The topological polar surface area (TPSA) is 122 Å². The van der Waals surface area contributed by atoms with E-state index < -0.39 is 31.0 Å². The SMILES string of the molecule is NC(=O)CN(CC(=O)O)C(=O)NCC1CCCO1. The number of nitrogens with one attached hydrogen (secondary N) is 1. The summed E-state index contributed by atoms with van der Waals surface area (Å²) < 4.78 is 5.30. The largest absolute Gasteiger partial charge is 0.480 e. The van der Waals surface area contributed by atoms with Gasteiger partial charge in [0.05, 0.1) is 6.10 Å². The Kier molecular flexibility index (Phi) is 5.37. The van der Waals surface area contributed by atoms with Crippen molar-refractivity contribution in [3.8, 4) is 0 Å². The van der Waals surface area contributed by atoms with E-state index in [1.54, 1.807) is 0 Å². The number of hydrogen-bond donors (Lipinski definition) is 3. The number of carbonyl (C=O) groups is 3. The van der Waals surface area contributed by atoms with Gasteiger partial charge in [0, 0.05) is 13.2 Å². The van der Waals surface area contributed by atoms with Gasteiger partial charge in [-0.05, 0) is 12.8 Å². The lowest BCUT2D eigenvalue weighted by molar-refractivity contribution is -0.137. The van der Waals surface area contributed by atoms with E-state index in [4.69, 9.17) is 15.6 Å². The quantitative estimate of drug-likeness (QED) is 0.550. The summed E-state index contributed by atoms with van der Waals surface area (Å²) in [5, 5.41) is 11.2. The molecule has 1 unspecified atom stereocenters. The third-order valence-corrected chi connectivity index (χ3v) is 2.46. The van der Waals surface area contributed by atoms with Crippen LogP contribution in [0.15, 0.2) is 0 Å². The monoisotopic (exact) mass is 259 g/mol. The van der Waals surface area contributed by atoms with E-state index in [0.717, 1.165) is 17.7 Å². The van der Waals surface area contributed by atoms with Crippen molar-refractivity contribution in [3.05, 3.63) is 0 Å². The van der Waals surface area contributed by atoms with E-state index in [1.807, 2.05) is 0 Å². The lowest BCUT2D eigenvalue weighted by Gasteiger charge is -2.20. The second-order valence-electron chi connectivity index (χ2n) is 4.04. The molecule has 1 saturated heterocycles. The van der Waals surface area contributed by atoms with Crippen molar-refractivity contribution >= 4 is 17.9 Å². The molecule has 102 valence electrons. The molecule has 1 rings (SSSR count). The van der Waals surface area contributed by atoms with E-state index in [-0.39, 0.29) is 6.10 Å². The molecule has 1 heterocycles. The van der Waals surface area contributed by atoms with Crippen LogP contribution in [-0.2, 0) is 14.3 Å². The van der Waals surface area contributed by atoms with Crippen LogP contribution in [0.3, 0.4) is 0 Å². The van der Waals surface area contributed by atoms with Crippen LogP contribution in [0.2, 0.25) is 0 Å². The van der Waals surface area contributed by atoms with Gasteiger partial charge < -0.3 is 25.8 Å². The highest BCUT2D eigenvalue weighted by molar-refractivity contribution is 5.85. The van der Waals surface area contributed by atoms with Crippen LogP contribution in [0, 0.1) is 0 Å². The molecule has 4 N–H and O–H groups in total. The molecule has 1 atom stereocenters. The Morgan fingerprint density at radius 3 is 2.61 bits per heavy atom. The number of urea groups is 1. The number of amides is 3. The first kappa shape index (κ1) is 14.2. The van der Waals surface area contributed by atoms with Crippen LogP contribution < -0.4 is 11.1 Å². The van der Waals surface area contributed by atoms with E-state index in [1.165, 1.54) is 0 Å². The Morgan fingerprint density at radius 2 is 2.11 bits per heavy atom. The molecule has 0 saturated carbocycles. The number of carbonyl (C=O) groups excluding carboxylic acids is 2. The number of primary amides is 1. The standard InChI is InChI=1S/C10H17N3O5/c11-8(14)5-13(6-9(15)16)10(17)12-4-7-2-1-3-18-7/h7H,1-6H2,(H2,11,14)(H,12,17)(H,15,16). The van der Waals surface area contributed by atoms with Crippen molar-refractivity contribution in [1.29, 1.82) is 0 Å². The van der Waals surface area contributed by atoms with Gasteiger partial charge in [-0.3, -0.25) is 9.59 Å². The smallest absolute Gasteiger partial charge is 0.323 e. The maximum Gasteiger partial charge on any atom is 0.323 e. The molecule has 0 radical (unpaired) electrons. The third-order valence-electron chi connectivity index (χ3n) is 2.46. The van der Waals surface area contributed by atoms with Crippen LogP contribution >= 0.6 is 0 Å². The normalized spacial score (nSPS) is 18.3. The van der Waals surface area contributed by atoms with E-state index in [9.17, 15) is 14.4 Å². The fraction of sp³-hybridized carbons (Fsp3) is 0.700. The van der Waals surface area contributed by atoms with Gasteiger partial charge in [0.25, 0.3) is 0 Å². The number of nitrogens with zero attached hydrogens (tertiary/aromatic N) is 1. The molecule has 0 aliphatic carbocycles. The maximum absolute atomic E-state index is 11.7. The number of ether oxygens (including phenoxy) is 1. The van der Waals surface area contributed by atoms with Gasteiger partial charge >= 0.3 is 12.0 Å². The van der Waals surface area contributed by atoms with Crippen molar-refractivity contribution < 1.29 is 24.2 Å². The van der Waals surface area contributed by atoms with Crippen LogP contribution in [0.5, 0.6) is 0 Å². The molecular formula is C10H17N3O5. The number of carboxylic acid groups (broad SMARTS) is 1. The highest BCUT2D eigenvalue weighted by atomic mass is 16.5. The van der Waals surface area contributed by atoms with Crippen LogP contribution in [-0.4, -0.2) is 60.3 Å². The zero-order valence-corrected chi connectivity index (χ0v) is 9.92. The van der Waals surface area contributed by atoms with Crippen molar-refractivity contribution in [2.24, 2.45) is 5.73 Å². The molecule has 18 heavy (non-hydrogen) atoms. The lowest BCUT2D eigenvalue weighted by atomic mass is 10.2. The summed E-state index contributed by atoms with van der Waals surface area (Å²) in [6.45, 7) is -0.0294. The highest BCUT2D eigenvalue weighted by Crippen LogP contribution is 2.10. The van der Waals surface area contributed by atoms with Crippen molar-refractivity contribution in [1.82, 2.24) is 10.2 Å². The van der Waals surface area contributed by atoms with Gasteiger partial charge in [-0.25, -0.2) is 4.79 Å². The predicted octanol–water partition coefficient (Wildman–Crippen LogP) is -1.25. The second kappa shape index (κ2) is 6.80. The Labute approximate surface area is 104 Å². The predicted molar refractivity (Wildman–Crippen MR) is 60.8 cm³/mol. The van der Waals surface area contributed by atoms with Gasteiger partial charge in [0.15, 0.2) is 0 Å². The number of nitrogens with two attached hydrogens (primary N) is 1. The zero-order valence-electron chi connectivity index (χ0n) is 9.92. The van der Waals surface area contributed by atoms with Gasteiger partial charge in [0.2, 0.25) is 5.91 Å². The molecule has 8 nitrogen and oxygen atoms in total. The maximum atomic E-state index is 11.7. The van der Waals surface area contributed by atoms with Crippen LogP contribution in [0.1, 0.15) is 12.8 Å². The van der Waals surface area contributed by atoms with Crippen LogP contribution in [0.4, 0.5) is 4.79 Å². The minimum absolute atomic E-state index is 0.0470. The molecule has 8 heteroatoms. The van der Waals surface area contributed by atoms with E-state index in [0.29, 0.717) is 13.2 Å². The Bertz CT molecular complexity index is 311. The van der Waals surface area contributed by atoms with Crippen molar-refractivity contribution in [2.75, 3.05) is 26.2 Å². The first-order chi connectivity index (χ1) is 8.49. The van der Waals surface area contributed by atoms with Crippen LogP contribution in [0.25, 0.3) is 0 Å². The average Bonchev–Trinajstić information content (AvgIpc) is 2.76. The van der Waals surface area contributed by atoms with Gasteiger partial charge in [-0.1, -0.05) is 0 Å². The zero-order chi connectivity index (χ0) is 13.5. The minimum Gasteiger partial charge on any atom is -0.480 e. The molecule has 0 aromatic heterocycles. The summed E-state index contributed by atoms with van der Waals surface area (Å²) in [7, 11) is 0. The van der Waals surface area contributed by atoms with Crippen molar-refractivity contribution in [3.63, 3.8) is 0 Å². The molecule has 0 spiro atoms. The summed E-state index contributed by atoms with van der Waals surface area (Å²) in [6, 6.07) is -0.633. The molecule has 1 aliphatic heterocycles. The Morgan fingerprint density at radius 1 is 1.39 bits per heavy atom. The first-order valence-electron chi connectivity index (χ1n) is 5.63. The minimum atomic E-state index is -1.21. The fourth-order valence-electron chi connectivity index (χ4n) is 1.67. The van der Waals surface area contributed by atoms with E-state index >= 15 is 0 Å². The average molecular weight is 259 g/mol. The number of aliphatic carboxylic acids is 1. The lowest BCUT2D eigenvalue weighted by Crippen LogP contribution is -2.48. The van der Waals surface area contributed by atoms with Gasteiger partial charge in [-0.15, -0.1) is 0 Å².